The van der Waals surface area contributed by atoms with E-state index in [2.05, 4.69) is 39.1 Å². The highest BCUT2D eigenvalue weighted by Crippen LogP contribution is 2.38. The number of likely N-dealkylation sites (N-methyl/N-ethyl adjacent to an activating group) is 1. The lowest BCUT2D eigenvalue weighted by molar-refractivity contribution is 0.00578. The highest BCUT2D eigenvalue weighted by atomic mass is 16.7. The van der Waals surface area contributed by atoms with Gasteiger partial charge in [0.25, 0.3) is 0 Å². The standard InChI is InChI=1S/C17H26BNO3/c1-16(2)17(3,4)22-18(21-16)14(12-19-5)10-13-8-7-9-15(11-13)20-6/h7-11,19H,12H2,1-6H3. The Hall–Kier alpha value is -1.30. The van der Waals surface area contributed by atoms with Gasteiger partial charge in [-0.2, -0.15) is 0 Å². The maximum atomic E-state index is 6.15. The zero-order valence-corrected chi connectivity index (χ0v) is 14.4. The van der Waals surface area contributed by atoms with E-state index in [4.69, 9.17) is 14.0 Å². The Morgan fingerprint density at radius 2 is 1.86 bits per heavy atom. The zero-order chi connectivity index (χ0) is 16.4. The highest BCUT2D eigenvalue weighted by Gasteiger charge is 2.52. The summed E-state index contributed by atoms with van der Waals surface area (Å²) in [4.78, 5) is 0. The predicted octanol–water partition coefficient (Wildman–Crippen LogP) is 2.93. The van der Waals surface area contributed by atoms with Gasteiger partial charge < -0.3 is 19.4 Å². The minimum absolute atomic E-state index is 0.334. The van der Waals surface area contributed by atoms with Crippen LogP contribution in [0, 0.1) is 0 Å². The Morgan fingerprint density at radius 3 is 2.41 bits per heavy atom. The first-order valence-corrected chi connectivity index (χ1v) is 7.64. The Labute approximate surface area is 134 Å². The van der Waals surface area contributed by atoms with Crippen molar-refractivity contribution >= 4 is 13.2 Å². The third-order valence-corrected chi connectivity index (χ3v) is 4.38. The number of hydrogen-bond acceptors (Lipinski definition) is 4. The molecule has 0 aromatic heterocycles. The van der Waals surface area contributed by atoms with E-state index in [1.807, 2.05) is 31.3 Å². The maximum Gasteiger partial charge on any atom is 0.491 e. The summed E-state index contributed by atoms with van der Waals surface area (Å²) in [6, 6.07) is 7.96. The molecule has 0 bridgehead atoms. The first-order chi connectivity index (χ1) is 10.3. The summed E-state index contributed by atoms with van der Waals surface area (Å²) >= 11 is 0. The number of methoxy groups -OCH3 is 1. The molecule has 1 aromatic rings. The van der Waals surface area contributed by atoms with Crippen LogP contribution in [-0.4, -0.2) is 39.0 Å². The molecule has 0 spiro atoms. The molecular formula is C17H26BNO3. The van der Waals surface area contributed by atoms with E-state index in [9.17, 15) is 0 Å². The van der Waals surface area contributed by atoms with Crippen molar-refractivity contribution in [2.45, 2.75) is 38.9 Å². The Balaban J connectivity index is 2.29. The van der Waals surface area contributed by atoms with Crippen molar-refractivity contribution in [2.24, 2.45) is 0 Å². The topological polar surface area (TPSA) is 39.7 Å². The molecule has 120 valence electrons. The van der Waals surface area contributed by atoms with Crippen molar-refractivity contribution in [2.75, 3.05) is 20.7 Å². The summed E-state index contributed by atoms with van der Waals surface area (Å²) in [5.41, 5.74) is 1.46. The number of hydrogen-bond donors (Lipinski definition) is 1. The highest BCUT2D eigenvalue weighted by molar-refractivity contribution is 6.55. The molecule has 1 aromatic carbocycles. The average Bonchev–Trinajstić information content (AvgIpc) is 2.67. The maximum absolute atomic E-state index is 6.15. The van der Waals surface area contributed by atoms with Crippen molar-refractivity contribution in [1.82, 2.24) is 5.32 Å². The van der Waals surface area contributed by atoms with Crippen molar-refractivity contribution in [3.8, 4) is 5.75 Å². The molecule has 22 heavy (non-hydrogen) atoms. The molecule has 1 saturated heterocycles. The molecule has 0 aliphatic carbocycles. The lowest BCUT2D eigenvalue weighted by atomic mass is 9.77. The molecular weight excluding hydrogens is 277 g/mol. The second-order valence-corrected chi connectivity index (χ2v) is 6.61. The van der Waals surface area contributed by atoms with Crippen LogP contribution in [0.4, 0.5) is 0 Å². The fourth-order valence-corrected chi connectivity index (χ4v) is 2.35. The molecule has 1 aliphatic heterocycles. The van der Waals surface area contributed by atoms with Gasteiger partial charge in [0.15, 0.2) is 0 Å². The third-order valence-electron chi connectivity index (χ3n) is 4.38. The van der Waals surface area contributed by atoms with Gasteiger partial charge in [-0.3, -0.25) is 0 Å². The van der Waals surface area contributed by atoms with Crippen LogP contribution in [0.15, 0.2) is 29.7 Å². The molecule has 4 nitrogen and oxygen atoms in total. The van der Waals surface area contributed by atoms with Crippen LogP contribution in [0.25, 0.3) is 6.08 Å². The van der Waals surface area contributed by atoms with Crippen LogP contribution in [0.2, 0.25) is 0 Å². The summed E-state index contributed by atoms with van der Waals surface area (Å²) < 4.78 is 17.6. The monoisotopic (exact) mass is 303 g/mol. The van der Waals surface area contributed by atoms with Gasteiger partial charge in [-0.1, -0.05) is 18.2 Å². The fraction of sp³-hybridized carbons (Fsp3) is 0.529. The van der Waals surface area contributed by atoms with Crippen LogP contribution in [0.1, 0.15) is 33.3 Å². The number of rotatable bonds is 5. The van der Waals surface area contributed by atoms with Crippen molar-refractivity contribution in [3.63, 3.8) is 0 Å². The number of ether oxygens (including phenoxy) is 1. The molecule has 0 saturated carbocycles. The molecule has 0 atom stereocenters. The van der Waals surface area contributed by atoms with Gasteiger partial charge in [0, 0.05) is 6.54 Å². The fourth-order valence-electron chi connectivity index (χ4n) is 2.35. The van der Waals surface area contributed by atoms with Crippen LogP contribution >= 0.6 is 0 Å². The molecule has 1 aliphatic rings. The van der Waals surface area contributed by atoms with E-state index >= 15 is 0 Å². The first-order valence-electron chi connectivity index (χ1n) is 7.64. The molecule has 5 heteroatoms. The van der Waals surface area contributed by atoms with Gasteiger partial charge in [-0.25, -0.2) is 0 Å². The lowest BCUT2D eigenvalue weighted by Gasteiger charge is -2.32. The van der Waals surface area contributed by atoms with Gasteiger partial charge in [-0.15, -0.1) is 0 Å². The van der Waals surface area contributed by atoms with Crippen LogP contribution in [0.3, 0.4) is 0 Å². The first kappa shape index (κ1) is 17.1. The Bertz CT molecular complexity index is 539. The molecule has 2 rings (SSSR count). The van der Waals surface area contributed by atoms with Crippen molar-refractivity contribution in [3.05, 3.63) is 35.3 Å². The Morgan fingerprint density at radius 1 is 1.23 bits per heavy atom. The van der Waals surface area contributed by atoms with Gasteiger partial charge in [0.05, 0.1) is 18.3 Å². The second-order valence-electron chi connectivity index (χ2n) is 6.61. The zero-order valence-electron chi connectivity index (χ0n) is 14.4. The number of benzene rings is 1. The summed E-state index contributed by atoms with van der Waals surface area (Å²) in [5, 5.41) is 3.19. The lowest BCUT2D eigenvalue weighted by Crippen LogP contribution is -2.41. The van der Waals surface area contributed by atoms with E-state index in [0.29, 0.717) is 6.54 Å². The van der Waals surface area contributed by atoms with E-state index in [1.54, 1.807) is 7.11 Å². The number of nitrogens with one attached hydrogen (secondary N) is 1. The van der Waals surface area contributed by atoms with Crippen LogP contribution < -0.4 is 10.1 Å². The van der Waals surface area contributed by atoms with Gasteiger partial charge in [-0.05, 0) is 57.9 Å². The predicted molar refractivity (Wildman–Crippen MR) is 91.0 cm³/mol. The second kappa shape index (κ2) is 6.45. The van der Waals surface area contributed by atoms with E-state index < -0.39 is 0 Å². The van der Waals surface area contributed by atoms with Crippen LogP contribution in [0.5, 0.6) is 5.75 Å². The summed E-state index contributed by atoms with van der Waals surface area (Å²) in [6.45, 7) is 8.96. The summed E-state index contributed by atoms with van der Waals surface area (Å²) in [5.74, 6) is 0.839. The van der Waals surface area contributed by atoms with E-state index in [-0.39, 0.29) is 18.3 Å². The van der Waals surface area contributed by atoms with E-state index in [0.717, 1.165) is 16.8 Å². The molecule has 1 heterocycles. The molecule has 1 N–H and O–H groups in total. The van der Waals surface area contributed by atoms with Crippen molar-refractivity contribution in [1.29, 1.82) is 0 Å². The average molecular weight is 303 g/mol. The quantitative estimate of drug-likeness (QED) is 0.849. The van der Waals surface area contributed by atoms with Crippen LogP contribution in [-0.2, 0) is 9.31 Å². The third kappa shape index (κ3) is 3.54. The van der Waals surface area contributed by atoms with E-state index in [1.165, 1.54) is 0 Å². The van der Waals surface area contributed by atoms with Gasteiger partial charge in [0.1, 0.15) is 5.75 Å². The normalized spacial score (nSPS) is 20.3. The summed E-state index contributed by atoms with van der Waals surface area (Å²) in [7, 11) is 3.25. The minimum Gasteiger partial charge on any atom is -0.497 e. The molecule has 1 fully saturated rings. The smallest absolute Gasteiger partial charge is 0.491 e. The Kier molecular flexibility index (Phi) is 5.00. The minimum atomic E-state index is -0.344. The van der Waals surface area contributed by atoms with Crippen molar-refractivity contribution < 1.29 is 14.0 Å². The van der Waals surface area contributed by atoms with Gasteiger partial charge >= 0.3 is 7.12 Å². The van der Waals surface area contributed by atoms with Gasteiger partial charge in [0.2, 0.25) is 0 Å². The molecule has 0 unspecified atom stereocenters. The largest absolute Gasteiger partial charge is 0.497 e. The molecule has 0 amide bonds. The molecule has 0 radical (unpaired) electrons. The SMILES string of the molecule is CNCC(=Cc1cccc(OC)c1)B1OC(C)(C)C(C)(C)O1. The summed E-state index contributed by atoms with van der Waals surface area (Å²) in [6.07, 6.45) is 2.10.